The van der Waals surface area contributed by atoms with E-state index in [0.717, 1.165) is 40.9 Å². The summed E-state index contributed by atoms with van der Waals surface area (Å²) in [5, 5.41) is 10.0. The first kappa shape index (κ1) is 11.1. The van der Waals surface area contributed by atoms with E-state index in [9.17, 15) is 5.11 Å². The van der Waals surface area contributed by atoms with Crippen LogP contribution in [0.3, 0.4) is 0 Å². The minimum Gasteiger partial charge on any atom is -0.392 e. The summed E-state index contributed by atoms with van der Waals surface area (Å²) in [6.45, 7) is 2.16. The lowest BCUT2D eigenvalue weighted by Crippen LogP contribution is -2.33. The lowest BCUT2D eigenvalue weighted by atomic mass is 10.1. The summed E-state index contributed by atoms with van der Waals surface area (Å²) in [5.74, 6) is 2.30. The van der Waals surface area contributed by atoms with Gasteiger partial charge in [-0.2, -0.15) is 11.8 Å². The Kier molecular flexibility index (Phi) is 3.78. The van der Waals surface area contributed by atoms with Crippen molar-refractivity contribution in [3.63, 3.8) is 0 Å². The van der Waals surface area contributed by atoms with Crippen LogP contribution < -0.4 is 4.90 Å². The van der Waals surface area contributed by atoms with E-state index in [-0.39, 0.29) is 6.61 Å². The van der Waals surface area contributed by atoms with Gasteiger partial charge in [0.25, 0.3) is 0 Å². The van der Waals surface area contributed by atoms with Crippen LogP contribution in [-0.4, -0.2) is 29.7 Å². The first-order chi connectivity index (χ1) is 7.31. The number of benzene rings is 1. The summed E-state index contributed by atoms with van der Waals surface area (Å²) in [5.41, 5.74) is 2.05. The van der Waals surface area contributed by atoms with Crippen LogP contribution in [0.1, 0.15) is 5.56 Å². The van der Waals surface area contributed by atoms with Crippen molar-refractivity contribution in [2.45, 2.75) is 6.61 Å². The molecule has 1 fully saturated rings. The number of aliphatic hydroxyl groups is 1. The number of hydrogen-bond acceptors (Lipinski definition) is 3. The molecule has 0 radical (unpaired) electrons. The van der Waals surface area contributed by atoms with Crippen LogP contribution >= 0.6 is 23.4 Å². The van der Waals surface area contributed by atoms with E-state index >= 15 is 0 Å². The number of anilines is 1. The molecule has 0 atom stereocenters. The quantitative estimate of drug-likeness (QED) is 0.863. The van der Waals surface area contributed by atoms with E-state index in [1.54, 1.807) is 0 Å². The van der Waals surface area contributed by atoms with E-state index < -0.39 is 0 Å². The Balaban J connectivity index is 2.27. The zero-order valence-electron chi connectivity index (χ0n) is 8.45. The third-order valence-corrected chi connectivity index (χ3v) is 3.75. The third kappa shape index (κ3) is 2.60. The van der Waals surface area contributed by atoms with Crippen LogP contribution in [0.5, 0.6) is 0 Å². The molecule has 82 valence electrons. The van der Waals surface area contributed by atoms with E-state index in [0.29, 0.717) is 0 Å². The molecule has 0 unspecified atom stereocenters. The van der Waals surface area contributed by atoms with Crippen LogP contribution in [0.4, 0.5) is 5.69 Å². The monoisotopic (exact) mass is 243 g/mol. The molecule has 1 saturated heterocycles. The van der Waals surface area contributed by atoms with Crippen LogP contribution in [0.2, 0.25) is 5.02 Å². The molecule has 0 aliphatic carbocycles. The fourth-order valence-corrected chi connectivity index (χ4v) is 2.84. The minimum atomic E-state index is 0.0795. The number of halogens is 1. The van der Waals surface area contributed by atoms with Crippen molar-refractivity contribution in [2.75, 3.05) is 29.5 Å². The fraction of sp³-hybridized carbons (Fsp3) is 0.455. The number of thioether (sulfide) groups is 1. The normalized spacial score (nSPS) is 16.8. The van der Waals surface area contributed by atoms with Crippen molar-refractivity contribution in [3.8, 4) is 0 Å². The van der Waals surface area contributed by atoms with Gasteiger partial charge in [0.1, 0.15) is 0 Å². The Bertz CT molecular complexity index is 339. The highest BCUT2D eigenvalue weighted by Gasteiger charge is 2.14. The molecule has 0 bridgehead atoms. The van der Waals surface area contributed by atoms with E-state index in [1.165, 1.54) is 0 Å². The SMILES string of the molecule is OCc1ccc(Cl)cc1N1CCSCC1. The molecular weight excluding hydrogens is 230 g/mol. The summed E-state index contributed by atoms with van der Waals surface area (Å²) in [4.78, 5) is 2.30. The third-order valence-electron chi connectivity index (χ3n) is 2.57. The summed E-state index contributed by atoms with van der Waals surface area (Å²) in [7, 11) is 0. The van der Waals surface area contributed by atoms with Gasteiger partial charge in [0.2, 0.25) is 0 Å². The minimum absolute atomic E-state index is 0.0795. The van der Waals surface area contributed by atoms with Crippen molar-refractivity contribution >= 4 is 29.1 Å². The Labute approximate surface area is 99.2 Å². The Morgan fingerprint density at radius 3 is 2.73 bits per heavy atom. The van der Waals surface area contributed by atoms with Gasteiger partial charge in [-0.05, 0) is 12.1 Å². The topological polar surface area (TPSA) is 23.5 Å². The van der Waals surface area contributed by atoms with Crippen molar-refractivity contribution in [1.29, 1.82) is 0 Å². The average molecular weight is 244 g/mol. The van der Waals surface area contributed by atoms with Crippen molar-refractivity contribution in [3.05, 3.63) is 28.8 Å². The maximum atomic E-state index is 9.27. The molecule has 0 spiro atoms. The maximum Gasteiger partial charge on any atom is 0.0702 e. The van der Waals surface area contributed by atoms with Crippen molar-refractivity contribution in [2.24, 2.45) is 0 Å². The molecule has 1 heterocycles. The molecule has 2 nitrogen and oxygen atoms in total. The van der Waals surface area contributed by atoms with Gasteiger partial charge in [-0.15, -0.1) is 0 Å². The molecule has 0 saturated carbocycles. The van der Waals surface area contributed by atoms with Gasteiger partial charge in [-0.25, -0.2) is 0 Å². The molecule has 0 aromatic heterocycles. The molecule has 15 heavy (non-hydrogen) atoms. The smallest absolute Gasteiger partial charge is 0.0702 e. The van der Waals surface area contributed by atoms with E-state index in [2.05, 4.69) is 4.90 Å². The van der Waals surface area contributed by atoms with Gasteiger partial charge in [-0.1, -0.05) is 17.7 Å². The number of nitrogens with zero attached hydrogens (tertiary/aromatic N) is 1. The summed E-state index contributed by atoms with van der Waals surface area (Å²) >= 11 is 7.95. The molecule has 4 heteroatoms. The van der Waals surface area contributed by atoms with Gasteiger partial charge in [0.05, 0.1) is 6.61 Å². The first-order valence-corrected chi connectivity index (χ1v) is 6.56. The van der Waals surface area contributed by atoms with Gasteiger partial charge in [0.15, 0.2) is 0 Å². The molecule has 1 N–H and O–H groups in total. The predicted octanol–water partition coefficient (Wildman–Crippen LogP) is 2.39. The summed E-state index contributed by atoms with van der Waals surface area (Å²) in [6, 6.07) is 5.68. The van der Waals surface area contributed by atoms with Gasteiger partial charge in [0, 0.05) is 40.9 Å². The van der Waals surface area contributed by atoms with Crippen LogP contribution in [-0.2, 0) is 6.61 Å². The number of hydrogen-bond donors (Lipinski definition) is 1. The summed E-state index contributed by atoms with van der Waals surface area (Å²) in [6.07, 6.45) is 0. The molecule has 1 aliphatic rings. The predicted molar refractivity (Wildman–Crippen MR) is 66.9 cm³/mol. The highest BCUT2D eigenvalue weighted by atomic mass is 35.5. The molecular formula is C11H14ClNOS. The van der Waals surface area contributed by atoms with Crippen molar-refractivity contribution < 1.29 is 5.11 Å². The number of aliphatic hydroxyl groups excluding tert-OH is 1. The van der Waals surface area contributed by atoms with Crippen LogP contribution in [0, 0.1) is 0 Å². The van der Waals surface area contributed by atoms with Crippen LogP contribution in [0.25, 0.3) is 0 Å². The molecule has 0 amide bonds. The highest BCUT2D eigenvalue weighted by molar-refractivity contribution is 7.99. The number of rotatable bonds is 2. The molecule has 1 aromatic rings. The van der Waals surface area contributed by atoms with Gasteiger partial charge in [-0.3, -0.25) is 0 Å². The lowest BCUT2D eigenvalue weighted by molar-refractivity contribution is 0.282. The second kappa shape index (κ2) is 5.10. The largest absolute Gasteiger partial charge is 0.392 e. The van der Waals surface area contributed by atoms with Crippen LogP contribution in [0.15, 0.2) is 18.2 Å². The second-order valence-electron chi connectivity index (χ2n) is 3.53. The molecule has 1 aromatic carbocycles. The van der Waals surface area contributed by atoms with Gasteiger partial charge >= 0.3 is 0 Å². The first-order valence-electron chi connectivity index (χ1n) is 5.03. The second-order valence-corrected chi connectivity index (χ2v) is 5.19. The zero-order chi connectivity index (χ0) is 10.7. The Hall–Kier alpha value is -0.380. The molecule has 1 aliphatic heterocycles. The molecule has 2 rings (SSSR count). The van der Waals surface area contributed by atoms with Gasteiger partial charge < -0.3 is 10.0 Å². The zero-order valence-corrected chi connectivity index (χ0v) is 10.0. The standard InChI is InChI=1S/C11H14ClNOS/c12-10-2-1-9(8-14)11(7-10)13-3-5-15-6-4-13/h1-2,7,14H,3-6,8H2. The van der Waals surface area contributed by atoms with Crippen molar-refractivity contribution in [1.82, 2.24) is 0 Å². The Morgan fingerprint density at radius 1 is 1.33 bits per heavy atom. The summed E-state index contributed by atoms with van der Waals surface area (Å²) < 4.78 is 0. The average Bonchev–Trinajstić information content (AvgIpc) is 2.30. The van der Waals surface area contributed by atoms with E-state index in [4.69, 9.17) is 11.6 Å². The van der Waals surface area contributed by atoms with E-state index in [1.807, 2.05) is 30.0 Å². The fourth-order valence-electron chi connectivity index (χ4n) is 1.77. The Morgan fingerprint density at radius 2 is 2.07 bits per heavy atom. The highest BCUT2D eigenvalue weighted by Crippen LogP contribution is 2.27. The lowest BCUT2D eigenvalue weighted by Gasteiger charge is -2.30. The maximum absolute atomic E-state index is 9.27.